The Hall–Kier alpha value is -1.06. The van der Waals surface area contributed by atoms with Gasteiger partial charge < -0.3 is 11.1 Å². The van der Waals surface area contributed by atoms with Gasteiger partial charge in [-0.1, -0.05) is 5.92 Å². The van der Waals surface area contributed by atoms with E-state index in [4.69, 9.17) is 12.2 Å². The summed E-state index contributed by atoms with van der Waals surface area (Å²) in [6.07, 6.45) is 6.26. The predicted octanol–water partition coefficient (Wildman–Crippen LogP) is -1.11. The van der Waals surface area contributed by atoms with E-state index in [1.54, 1.807) is 6.92 Å². The standard InChI is InChI=1S/C9H16N2O3S/c1-4-7(2)11-9(12)8(10)5-6-15(3,13)14/h1,7-8H,5-6,10H2,2-3H3,(H,11,12). The second kappa shape index (κ2) is 5.73. The van der Waals surface area contributed by atoms with Gasteiger partial charge in [0.15, 0.2) is 0 Å². The summed E-state index contributed by atoms with van der Waals surface area (Å²) >= 11 is 0. The summed E-state index contributed by atoms with van der Waals surface area (Å²) in [7, 11) is -3.09. The molecule has 0 heterocycles. The first-order chi connectivity index (χ1) is 6.76. The Morgan fingerprint density at radius 2 is 2.13 bits per heavy atom. The SMILES string of the molecule is C#CC(C)NC(=O)C(N)CCS(C)(=O)=O. The van der Waals surface area contributed by atoms with Crippen LogP contribution in [0.1, 0.15) is 13.3 Å². The summed E-state index contributed by atoms with van der Waals surface area (Å²) in [6.45, 7) is 1.64. The van der Waals surface area contributed by atoms with Crippen LogP contribution in [0, 0.1) is 12.3 Å². The highest BCUT2D eigenvalue weighted by Gasteiger charge is 2.16. The van der Waals surface area contributed by atoms with Crippen molar-refractivity contribution < 1.29 is 13.2 Å². The number of nitrogens with two attached hydrogens (primary N) is 1. The van der Waals surface area contributed by atoms with Gasteiger partial charge in [-0.15, -0.1) is 6.42 Å². The zero-order chi connectivity index (χ0) is 12.1. The van der Waals surface area contributed by atoms with E-state index in [9.17, 15) is 13.2 Å². The topological polar surface area (TPSA) is 89.3 Å². The zero-order valence-corrected chi connectivity index (χ0v) is 9.67. The fourth-order valence-corrected chi connectivity index (χ4v) is 1.52. The molecule has 5 nitrogen and oxygen atoms in total. The first-order valence-electron chi connectivity index (χ1n) is 4.46. The quantitative estimate of drug-likeness (QED) is 0.588. The highest BCUT2D eigenvalue weighted by Crippen LogP contribution is 1.94. The smallest absolute Gasteiger partial charge is 0.237 e. The van der Waals surface area contributed by atoms with Gasteiger partial charge in [-0.2, -0.15) is 0 Å². The minimum atomic E-state index is -3.09. The van der Waals surface area contributed by atoms with Crippen molar-refractivity contribution >= 4 is 15.7 Å². The van der Waals surface area contributed by atoms with Gasteiger partial charge in [0.05, 0.1) is 17.8 Å². The molecule has 86 valence electrons. The number of rotatable bonds is 5. The molecule has 1 amide bonds. The maximum absolute atomic E-state index is 11.3. The lowest BCUT2D eigenvalue weighted by Crippen LogP contribution is -2.44. The van der Waals surface area contributed by atoms with Crippen LogP contribution in [0.3, 0.4) is 0 Å². The van der Waals surface area contributed by atoms with Crippen LogP contribution in [0.25, 0.3) is 0 Å². The molecule has 0 spiro atoms. The van der Waals surface area contributed by atoms with Crippen LogP contribution in [0.15, 0.2) is 0 Å². The van der Waals surface area contributed by atoms with E-state index in [-0.39, 0.29) is 12.2 Å². The molecule has 0 aliphatic rings. The maximum Gasteiger partial charge on any atom is 0.237 e. The molecule has 0 aromatic rings. The molecule has 15 heavy (non-hydrogen) atoms. The van der Waals surface area contributed by atoms with Crippen molar-refractivity contribution in [1.82, 2.24) is 5.32 Å². The van der Waals surface area contributed by atoms with Crippen LogP contribution >= 0.6 is 0 Å². The van der Waals surface area contributed by atoms with E-state index in [0.717, 1.165) is 6.26 Å². The van der Waals surface area contributed by atoms with E-state index in [2.05, 4.69) is 11.2 Å². The lowest BCUT2D eigenvalue weighted by Gasteiger charge is -2.13. The van der Waals surface area contributed by atoms with E-state index < -0.39 is 27.8 Å². The molecule has 0 saturated carbocycles. The fraction of sp³-hybridized carbons (Fsp3) is 0.667. The van der Waals surface area contributed by atoms with Crippen LogP contribution in [-0.2, 0) is 14.6 Å². The van der Waals surface area contributed by atoms with Gasteiger partial charge in [0.2, 0.25) is 5.91 Å². The van der Waals surface area contributed by atoms with Crippen LogP contribution in [0.5, 0.6) is 0 Å². The van der Waals surface area contributed by atoms with Gasteiger partial charge in [0.1, 0.15) is 9.84 Å². The van der Waals surface area contributed by atoms with Gasteiger partial charge in [-0.05, 0) is 13.3 Å². The molecule has 0 bridgehead atoms. The number of hydrogen-bond donors (Lipinski definition) is 2. The van der Waals surface area contributed by atoms with Crippen LogP contribution in [0.2, 0.25) is 0 Å². The van der Waals surface area contributed by atoms with Gasteiger partial charge in [-0.25, -0.2) is 8.42 Å². The lowest BCUT2D eigenvalue weighted by molar-refractivity contribution is -0.122. The molecule has 0 aromatic heterocycles. The summed E-state index contributed by atoms with van der Waals surface area (Å²) in [5.41, 5.74) is 5.48. The van der Waals surface area contributed by atoms with Crippen LogP contribution in [0.4, 0.5) is 0 Å². The van der Waals surface area contributed by atoms with Gasteiger partial charge in [0, 0.05) is 6.26 Å². The van der Waals surface area contributed by atoms with Crippen LogP contribution < -0.4 is 11.1 Å². The van der Waals surface area contributed by atoms with Crippen molar-refractivity contribution in [2.45, 2.75) is 25.4 Å². The molecule has 2 unspecified atom stereocenters. The molecule has 6 heteroatoms. The minimum Gasteiger partial charge on any atom is -0.341 e. The maximum atomic E-state index is 11.3. The van der Waals surface area contributed by atoms with Crippen molar-refractivity contribution in [3.8, 4) is 12.3 Å². The Kier molecular flexibility index (Phi) is 5.33. The molecule has 0 radical (unpaired) electrons. The molecule has 2 atom stereocenters. The number of hydrogen-bond acceptors (Lipinski definition) is 4. The molecule has 0 aromatic carbocycles. The van der Waals surface area contributed by atoms with Crippen molar-refractivity contribution in [2.75, 3.05) is 12.0 Å². The lowest BCUT2D eigenvalue weighted by atomic mass is 10.2. The number of carbonyl (C=O) groups excluding carboxylic acids is 1. The highest BCUT2D eigenvalue weighted by molar-refractivity contribution is 7.90. The Morgan fingerprint density at radius 1 is 1.60 bits per heavy atom. The number of carbonyl (C=O) groups is 1. The Bertz CT molecular complexity index is 356. The van der Waals surface area contributed by atoms with E-state index in [1.807, 2.05) is 0 Å². The predicted molar refractivity (Wildman–Crippen MR) is 58.7 cm³/mol. The Labute approximate surface area is 90.3 Å². The van der Waals surface area contributed by atoms with Gasteiger partial charge in [-0.3, -0.25) is 4.79 Å². The first-order valence-corrected chi connectivity index (χ1v) is 6.52. The number of nitrogens with one attached hydrogen (secondary N) is 1. The second-order valence-corrected chi connectivity index (χ2v) is 5.68. The summed E-state index contributed by atoms with van der Waals surface area (Å²) in [6, 6.07) is -1.24. The molecule has 0 saturated heterocycles. The number of terminal acetylenes is 1. The monoisotopic (exact) mass is 232 g/mol. The van der Waals surface area contributed by atoms with E-state index in [0.29, 0.717) is 0 Å². The molecular formula is C9H16N2O3S. The van der Waals surface area contributed by atoms with E-state index >= 15 is 0 Å². The third-order valence-electron chi connectivity index (χ3n) is 1.75. The van der Waals surface area contributed by atoms with Gasteiger partial charge in [0.25, 0.3) is 0 Å². The Morgan fingerprint density at radius 3 is 2.53 bits per heavy atom. The summed E-state index contributed by atoms with van der Waals surface area (Å²) in [5, 5.41) is 2.47. The largest absolute Gasteiger partial charge is 0.341 e. The summed E-state index contributed by atoms with van der Waals surface area (Å²) < 4.78 is 21.6. The molecule has 0 fully saturated rings. The Balaban J connectivity index is 4.07. The van der Waals surface area contributed by atoms with Gasteiger partial charge >= 0.3 is 0 Å². The molecule has 0 aliphatic carbocycles. The van der Waals surface area contributed by atoms with Crippen molar-refractivity contribution in [2.24, 2.45) is 5.73 Å². The number of amides is 1. The van der Waals surface area contributed by atoms with Crippen LogP contribution in [-0.4, -0.2) is 38.4 Å². The molecule has 3 N–H and O–H groups in total. The minimum absolute atomic E-state index is 0.0992. The third-order valence-corrected chi connectivity index (χ3v) is 2.72. The summed E-state index contributed by atoms with van der Waals surface area (Å²) in [5.74, 6) is 1.79. The fourth-order valence-electron chi connectivity index (χ4n) is 0.834. The molecular weight excluding hydrogens is 216 g/mol. The first kappa shape index (κ1) is 13.9. The third kappa shape index (κ3) is 6.94. The van der Waals surface area contributed by atoms with E-state index in [1.165, 1.54) is 0 Å². The average molecular weight is 232 g/mol. The second-order valence-electron chi connectivity index (χ2n) is 3.42. The normalized spacial score (nSPS) is 15.1. The zero-order valence-electron chi connectivity index (χ0n) is 8.86. The average Bonchev–Trinajstić information content (AvgIpc) is 2.12. The molecule has 0 aliphatic heterocycles. The number of sulfone groups is 1. The van der Waals surface area contributed by atoms with Crippen molar-refractivity contribution in [3.63, 3.8) is 0 Å². The van der Waals surface area contributed by atoms with Crippen molar-refractivity contribution in [3.05, 3.63) is 0 Å². The van der Waals surface area contributed by atoms with Crippen molar-refractivity contribution in [1.29, 1.82) is 0 Å². The highest BCUT2D eigenvalue weighted by atomic mass is 32.2. The summed E-state index contributed by atoms with van der Waals surface area (Å²) in [4.78, 5) is 11.3. The molecule has 0 rings (SSSR count).